The van der Waals surface area contributed by atoms with Crippen molar-refractivity contribution in [2.75, 3.05) is 27.2 Å². The zero-order valence-electron chi connectivity index (χ0n) is 42.1. The van der Waals surface area contributed by atoms with Crippen molar-refractivity contribution in [1.29, 1.82) is 0 Å². The van der Waals surface area contributed by atoms with Gasteiger partial charge in [0.15, 0.2) is 0 Å². The number of nitrogens with two attached hydrogens (primary N) is 2. The molecule has 0 aliphatic carbocycles. The SMILES string of the molecule is C/C=C(\C=C(C)C)C(=O)NC(C)CC(=O)NCC[C-]=O.CNC(C)CC(=O)NCC[C-]=O.CO.N.NC(=O)c1cc2c(c(C(F)(F)F)c1)COB2O.NC=O.O=Cc1cc2c(c(C(F)(F)F)c1)COB2O.[K+].[K+]. The van der Waals surface area contributed by atoms with Crippen LogP contribution in [0.25, 0.3) is 0 Å². The summed E-state index contributed by atoms with van der Waals surface area (Å²) in [6.07, 6.45) is -0.632. The van der Waals surface area contributed by atoms with Gasteiger partial charge in [-0.3, -0.25) is 41.3 Å². The van der Waals surface area contributed by atoms with Gasteiger partial charge in [-0.25, -0.2) is 0 Å². The first-order valence-corrected chi connectivity index (χ1v) is 20.7. The minimum Gasteiger partial charge on any atom is -0.542 e. The van der Waals surface area contributed by atoms with Crippen LogP contribution >= 0.6 is 0 Å². The maximum atomic E-state index is 12.7. The van der Waals surface area contributed by atoms with Crippen molar-refractivity contribution in [1.82, 2.24) is 27.4 Å². The molecule has 30 heteroatoms. The van der Waals surface area contributed by atoms with Crippen LogP contribution in [0, 0.1) is 0 Å². The predicted octanol–water partition coefficient (Wildman–Crippen LogP) is -5.35. The molecular weight excluding hydrogens is 1040 g/mol. The molecule has 2 aromatic rings. The second-order valence-corrected chi connectivity index (χ2v) is 14.6. The number of nitrogens with one attached hydrogen (secondary N) is 4. The summed E-state index contributed by atoms with van der Waals surface area (Å²) in [7, 11) is -0.0432. The van der Waals surface area contributed by atoms with Crippen molar-refractivity contribution in [2.45, 2.75) is 98.0 Å². The average molecular weight is 1100 g/mol. The number of amides is 5. The van der Waals surface area contributed by atoms with Gasteiger partial charge in [-0.15, -0.1) is 12.8 Å². The zero-order valence-corrected chi connectivity index (χ0v) is 48.4. The third kappa shape index (κ3) is 31.6. The molecule has 73 heavy (non-hydrogen) atoms. The Morgan fingerprint density at radius 3 is 1.56 bits per heavy atom. The Bertz CT molecular complexity index is 2120. The van der Waals surface area contributed by atoms with Crippen LogP contribution in [-0.4, -0.2) is 118 Å². The van der Waals surface area contributed by atoms with Crippen LogP contribution in [0.2, 0.25) is 0 Å². The van der Waals surface area contributed by atoms with Crippen LogP contribution in [0.3, 0.4) is 0 Å². The van der Waals surface area contributed by atoms with Crippen molar-refractivity contribution >= 4 is 74.1 Å². The standard InChI is InChI=1S/C15H23N2O3.C9H7BF3NO3.C9H6BF3O3.C8H15N2O2.CH3NO.CH4O.2K.H3N/c1-5-13(9-11(2)3)15(20)17-12(4)10-14(19)16-7-6-8-18;11-9(12,13)6-1-4(8(14)15)2-7-5(6)3-17-10(7)16;11-9(12,13)7-1-5(3-14)2-8-6(7)4-16-10(8)15;1-7(9-2)6-8(12)10-4-3-5-11;2-1-3;1-2;;;/h5,9,12H,6-7,10H2,1-4H3,(H,16,19)(H,17,20);1-2,16H,3H2,(H2,14,15);1-3,15H,4H2;7,9H,3-4,6H2,1-2H3,(H,10,12);1H,(H2,2,3);2H,1H3;;;1H3/q-1;;;-1;;;2*+1;/b13-5+;;;;;;;;. The summed E-state index contributed by atoms with van der Waals surface area (Å²) in [5.41, 5.74) is 8.04. The molecule has 20 nitrogen and oxygen atoms in total. The van der Waals surface area contributed by atoms with Gasteiger partial charge in [0.2, 0.25) is 24.1 Å². The van der Waals surface area contributed by atoms with E-state index in [9.17, 15) is 70.0 Å². The molecule has 396 valence electrons. The Hall–Kier alpha value is -3.02. The second-order valence-electron chi connectivity index (χ2n) is 14.6. The molecule has 0 aromatic heterocycles. The summed E-state index contributed by atoms with van der Waals surface area (Å²) in [4.78, 5) is 84.3. The van der Waals surface area contributed by atoms with Gasteiger partial charge in [0.1, 0.15) is 6.29 Å². The molecule has 0 saturated carbocycles. The fourth-order valence-corrected chi connectivity index (χ4v) is 5.65. The molecule has 2 atom stereocenters. The number of hydrogen-bond donors (Lipinski definition) is 10. The Balaban J connectivity index is -0.000000272. The minimum absolute atomic E-state index is 0. The Labute approximate surface area is 505 Å². The van der Waals surface area contributed by atoms with Crippen molar-refractivity contribution in [3.8, 4) is 0 Å². The van der Waals surface area contributed by atoms with E-state index in [-0.39, 0.29) is 217 Å². The average Bonchev–Trinajstić information content (AvgIpc) is 3.86. The van der Waals surface area contributed by atoms with E-state index in [1.165, 1.54) is 6.07 Å². The summed E-state index contributed by atoms with van der Waals surface area (Å²) in [5, 5.41) is 36.5. The smallest absolute Gasteiger partial charge is 0.542 e. The summed E-state index contributed by atoms with van der Waals surface area (Å²) in [6, 6.07) is 3.64. The molecule has 0 bridgehead atoms. The number of carbonyl (C=O) groups excluding carboxylic acids is 8. The van der Waals surface area contributed by atoms with Crippen molar-refractivity contribution < 1.29 is 192 Å². The first kappa shape index (κ1) is 78.9. The molecule has 2 aromatic carbocycles. The Morgan fingerprint density at radius 2 is 1.21 bits per heavy atom. The summed E-state index contributed by atoms with van der Waals surface area (Å²) < 4.78 is 85.5. The number of aliphatic hydroxyl groups excluding tert-OH is 1. The van der Waals surface area contributed by atoms with Crippen molar-refractivity contribution in [2.24, 2.45) is 11.5 Å². The quantitative estimate of drug-likeness (QED) is 0.0143. The number of alkyl halides is 6. The number of hydrogen-bond acceptors (Lipinski definition) is 15. The summed E-state index contributed by atoms with van der Waals surface area (Å²) in [5.74, 6) is -1.42. The number of rotatable bonds is 16. The van der Waals surface area contributed by atoms with Gasteiger partial charge in [-0.1, -0.05) is 23.8 Å². The zero-order chi connectivity index (χ0) is 54.4. The van der Waals surface area contributed by atoms with Gasteiger partial charge in [0.25, 0.3) is 5.91 Å². The molecule has 2 aliphatic heterocycles. The predicted molar refractivity (Wildman–Crippen MR) is 250 cm³/mol. The van der Waals surface area contributed by atoms with E-state index in [1.54, 1.807) is 45.6 Å². The van der Waals surface area contributed by atoms with Gasteiger partial charge >= 0.3 is 129 Å². The molecule has 14 N–H and O–H groups in total. The fraction of sp³-hybridized carbons (Fsp3) is 0.442. The molecule has 0 radical (unpaired) electrons. The van der Waals surface area contributed by atoms with Crippen LogP contribution < -0.4 is 153 Å². The number of carbonyl (C=O) groups is 6. The monoisotopic (exact) mass is 1100 g/mol. The molecule has 2 unspecified atom stereocenters. The third-order valence-corrected chi connectivity index (χ3v) is 8.90. The molecular formula is C43H61B2F6K2N7O13. The van der Waals surface area contributed by atoms with Gasteiger partial charge in [-0.2, -0.15) is 26.3 Å². The van der Waals surface area contributed by atoms with E-state index in [1.807, 2.05) is 20.8 Å². The first-order valence-electron chi connectivity index (χ1n) is 20.7. The normalized spacial score (nSPS) is 12.4. The second kappa shape index (κ2) is 42.1. The number of aliphatic hydroxyl groups is 1. The van der Waals surface area contributed by atoms with Crippen molar-refractivity contribution in [3.63, 3.8) is 0 Å². The van der Waals surface area contributed by atoms with E-state index < -0.39 is 43.6 Å². The number of fused-ring (bicyclic) bond motifs is 2. The van der Waals surface area contributed by atoms with Gasteiger partial charge in [0, 0.05) is 48.7 Å². The van der Waals surface area contributed by atoms with E-state index in [0.717, 1.165) is 24.8 Å². The molecule has 0 saturated heterocycles. The van der Waals surface area contributed by atoms with Gasteiger partial charge in [0.05, 0.1) is 24.3 Å². The minimum atomic E-state index is -4.62. The van der Waals surface area contributed by atoms with Crippen LogP contribution in [-0.2, 0) is 63.6 Å². The van der Waals surface area contributed by atoms with E-state index >= 15 is 0 Å². The summed E-state index contributed by atoms with van der Waals surface area (Å²) in [6.45, 7) is 9.33. The third-order valence-electron chi connectivity index (χ3n) is 8.90. The number of primary amides is 2. The number of allylic oxidation sites excluding steroid dienone is 2. The van der Waals surface area contributed by atoms with E-state index in [4.69, 9.17) is 24.9 Å². The maximum absolute atomic E-state index is 12.7. The summed E-state index contributed by atoms with van der Waals surface area (Å²) >= 11 is 0. The fourth-order valence-electron chi connectivity index (χ4n) is 5.65. The number of aldehydes is 1. The van der Waals surface area contributed by atoms with Crippen LogP contribution in [0.5, 0.6) is 0 Å². The molecule has 5 amide bonds. The Kier molecular flexibility index (Phi) is 45.5. The van der Waals surface area contributed by atoms with Crippen molar-refractivity contribution in [3.05, 3.63) is 80.9 Å². The van der Waals surface area contributed by atoms with E-state index in [2.05, 4.69) is 27.0 Å². The molecule has 0 fully saturated rings. The van der Waals surface area contributed by atoms with Gasteiger partial charge < -0.3 is 72.9 Å². The number of halogens is 6. The molecule has 4 rings (SSSR count). The first-order chi connectivity index (χ1) is 32.8. The molecule has 2 aliphatic rings. The topological polar surface area (TPSA) is 351 Å². The van der Waals surface area contributed by atoms with Crippen LogP contribution in [0.1, 0.15) is 103 Å². The Morgan fingerprint density at radius 1 is 0.795 bits per heavy atom. The van der Waals surface area contributed by atoms with Crippen LogP contribution in [0.4, 0.5) is 26.3 Å². The van der Waals surface area contributed by atoms with Crippen LogP contribution in [0.15, 0.2) is 47.6 Å². The van der Waals surface area contributed by atoms with E-state index in [0.29, 0.717) is 30.9 Å². The molecule has 2 heterocycles. The largest absolute Gasteiger partial charge is 1.00 e. The maximum Gasteiger partial charge on any atom is 1.00 e. The molecule has 0 spiro atoms. The number of benzene rings is 2. The van der Waals surface area contributed by atoms with Gasteiger partial charge in [-0.05, 0) is 95.0 Å².